The maximum Gasteiger partial charge on any atom is 0.240 e. The molecule has 0 aromatic heterocycles. The molecule has 0 atom stereocenters. The monoisotopic (exact) mass is 330 g/mol. The molecule has 0 unspecified atom stereocenters. The summed E-state index contributed by atoms with van der Waals surface area (Å²) in [5, 5.41) is 23.0. The summed E-state index contributed by atoms with van der Waals surface area (Å²) in [6.07, 6.45) is 0.967. The Morgan fingerprint density at radius 1 is 0.760 bits per heavy atom. The van der Waals surface area contributed by atoms with Crippen LogP contribution in [0.2, 0.25) is 0 Å². The smallest absolute Gasteiger partial charge is 0.240 e. The minimum atomic E-state index is -1.07. The van der Waals surface area contributed by atoms with Gasteiger partial charge in [-0.25, -0.2) is 0 Å². The first-order valence-corrected chi connectivity index (χ1v) is 7.71. The van der Waals surface area contributed by atoms with Gasteiger partial charge in [0.2, 0.25) is 11.8 Å². The van der Waals surface area contributed by atoms with Crippen molar-refractivity contribution in [1.82, 2.24) is 0 Å². The molecule has 0 spiro atoms. The summed E-state index contributed by atoms with van der Waals surface area (Å²) in [5.74, 6) is -0.716. The number of carbonyl (C=O) groups excluding carboxylic acids is 2. The highest BCUT2D eigenvalue weighted by molar-refractivity contribution is 6.16. The zero-order valence-corrected chi connectivity index (χ0v) is 13.2. The first-order chi connectivity index (χ1) is 12.1. The summed E-state index contributed by atoms with van der Waals surface area (Å²) in [7, 11) is 0. The molecule has 1 aliphatic carbocycles. The average molecular weight is 330 g/mol. The Kier molecular flexibility index (Phi) is 4.20. The predicted octanol–water partition coefficient (Wildman–Crippen LogP) is 2.79. The summed E-state index contributed by atoms with van der Waals surface area (Å²) >= 11 is 0. The second-order valence-corrected chi connectivity index (χ2v) is 5.87. The lowest BCUT2D eigenvalue weighted by molar-refractivity contribution is -0.131. The van der Waals surface area contributed by atoms with Crippen LogP contribution in [0.3, 0.4) is 0 Å². The predicted molar refractivity (Wildman–Crippen MR) is 91.2 cm³/mol. The van der Waals surface area contributed by atoms with E-state index >= 15 is 0 Å². The van der Waals surface area contributed by atoms with E-state index in [2.05, 4.69) is 10.6 Å². The molecule has 0 saturated heterocycles. The number of rotatable bonds is 4. The molecule has 3 rings (SSSR count). The van der Waals surface area contributed by atoms with Gasteiger partial charge >= 0.3 is 0 Å². The lowest BCUT2D eigenvalue weighted by atomic mass is 10.0. The van der Waals surface area contributed by atoms with E-state index in [9.17, 15) is 9.59 Å². The van der Waals surface area contributed by atoms with Crippen molar-refractivity contribution in [3.8, 4) is 12.1 Å². The van der Waals surface area contributed by atoms with E-state index in [1.165, 1.54) is 0 Å². The number of anilines is 2. The number of hydrogen-bond donors (Lipinski definition) is 2. The van der Waals surface area contributed by atoms with Gasteiger partial charge < -0.3 is 10.6 Å². The zero-order valence-electron chi connectivity index (χ0n) is 13.2. The van der Waals surface area contributed by atoms with Crippen LogP contribution in [-0.2, 0) is 9.59 Å². The SMILES string of the molecule is N#Cc1ccc(NC(=O)C2(C(=O)Nc3ccc(C#N)cc3)CC2)cc1. The molecule has 0 radical (unpaired) electrons. The van der Waals surface area contributed by atoms with Crippen molar-refractivity contribution in [1.29, 1.82) is 10.5 Å². The lowest BCUT2D eigenvalue weighted by Crippen LogP contribution is -2.35. The number of hydrogen-bond acceptors (Lipinski definition) is 4. The van der Waals surface area contributed by atoms with Crippen molar-refractivity contribution in [2.75, 3.05) is 10.6 Å². The van der Waals surface area contributed by atoms with Crippen molar-refractivity contribution in [2.24, 2.45) is 5.41 Å². The standard InChI is InChI=1S/C19H14N4O2/c20-11-13-1-5-15(6-2-13)22-17(24)19(9-10-19)18(25)23-16-7-3-14(12-21)4-8-16/h1-8H,9-10H2,(H,22,24)(H,23,25). The van der Waals surface area contributed by atoms with Gasteiger partial charge in [0, 0.05) is 11.4 Å². The van der Waals surface area contributed by atoms with Crippen LogP contribution in [0.4, 0.5) is 11.4 Å². The van der Waals surface area contributed by atoms with E-state index in [0.29, 0.717) is 35.3 Å². The highest BCUT2D eigenvalue weighted by Gasteiger charge is 2.56. The van der Waals surface area contributed by atoms with Crippen LogP contribution in [-0.4, -0.2) is 11.8 Å². The molecule has 2 aromatic carbocycles. The Morgan fingerprint density at radius 3 is 1.40 bits per heavy atom. The minimum absolute atomic E-state index is 0.358. The Hall–Kier alpha value is -3.64. The molecule has 1 aliphatic rings. The van der Waals surface area contributed by atoms with Gasteiger partial charge in [-0.15, -0.1) is 0 Å². The fourth-order valence-corrected chi connectivity index (χ4v) is 2.44. The molecular weight excluding hydrogens is 316 g/mol. The van der Waals surface area contributed by atoms with Crippen molar-refractivity contribution in [2.45, 2.75) is 12.8 Å². The number of nitriles is 2. The van der Waals surface area contributed by atoms with Gasteiger partial charge in [0.25, 0.3) is 0 Å². The minimum Gasteiger partial charge on any atom is -0.325 e. The molecule has 0 heterocycles. The Balaban J connectivity index is 1.67. The molecule has 2 aromatic rings. The van der Waals surface area contributed by atoms with E-state index < -0.39 is 5.41 Å². The molecule has 1 fully saturated rings. The van der Waals surface area contributed by atoms with Crippen molar-refractivity contribution >= 4 is 23.2 Å². The molecule has 0 aliphatic heterocycles. The second kappa shape index (κ2) is 6.46. The number of benzene rings is 2. The third-order valence-electron chi connectivity index (χ3n) is 4.16. The summed E-state index contributed by atoms with van der Waals surface area (Å²) in [6.45, 7) is 0. The van der Waals surface area contributed by atoms with Crippen LogP contribution < -0.4 is 10.6 Å². The summed E-state index contributed by atoms with van der Waals surface area (Å²) in [5.41, 5.74) is 1.01. The third-order valence-corrected chi connectivity index (χ3v) is 4.16. The quantitative estimate of drug-likeness (QED) is 0.841. The normalized spacial score (nSPS) is 13.8. The molecule has 6 heteroatoms. The number of nitrogens with zero attached hydrogens (tertiary/aromatic N) is 2. The maximum atomic E-state index is 12.5. The molecule has 122 valence electrons. The molecular formula is C19H14N4O2. The van der Waals surface area contributed by atoms with Crippen molar-refractivity contribution in [3.05, 3.63) is 59.7 Å². The molecule has 2 N–H and O–H groups in total. The van der Waals surface area contributed by atoms with E-state index in [-0.39, 0.29) is 11.8 Å². The fraction of sp³-hybridized carbons (Fsp3) is 0.158. The lowest BCUT2D eigenvalue weighted by Gasteiger charge is -2.15. The number of nitrogens with one attached hydrogen (secondary N) is 2. The summed E-state index contributed by atoms with van der Waals surface area (Å²) in [4.78, 5) is 25.0. The van der Waals surface area contributed by atoms with Gasteiger partial charge in [-0.3, -0.25) is 9.59 Å². The highest BCUT2D eigenvalue weighted by atomic mass is 16.2. The van der Waals surface area contributed by atoms with Gasteiger partial charge in [-0.05, 0) is 61.4 Å². The first-order valence-electron chi connectivity index (χ1n) is 7.71. The van der Waals surface area contributed by atoms with E-state index in [0.717, 1.165) is 0 Å². The van der Waals surface area contributed by atoms with E-state index in [1.807, 2.05) is 12.1 Å². The zero-order chi connectivity index (χ0) is 17.9. The van der Waals surface area contributed by atoms with Crippen LogP contribution in [0.15, 0.2) is 48.5 Å². The first kappa shape index (κ1) is 16.2. The molecule has 25 heavy (non-hydrogen) atoms. The molecule has 6 nitrogen and oxygen atoms in total. The van der Waals surface area contributed by atoms with Crippen LogP contribution in [0, 0.1) is 28.1 Å². The molecule has 0 bridgehead atoms. The third kappa shape index (κ3) is 3.34. The number of amides is 2. The van der Waals surface area contributed by atoms with Crippen LogP contribution >= 0.6 is 0 Å². The molecule has 2 amide bonds. The fourth-order valence-electron chi connectivity index (χ4n) is 2.44. The van der Waals surface area contributed by atoms with Crippen LogP contribution in [0.25, 0.3) is 0 Å². The van der Waals surface area contributed by atoms with Gasteiger partial charge in [-0.2, -0.15) is 10.5 Å². The Morgan fingerprint density at radius 2 is 1.12 bits per heavy atom. The van der Waals surface area contributed by atoms with E-state index in [1.54, 1.807) is 48.5 Å². The average Bonchev–Trinajstić information content (AvgIpc) is 3.45. The Labute approximate surface area is 144 Å². The van der Waals surface area contributed by atoms with Gasteiger partial charge in [0.1, 0.15) is 5.41 Å². The molecule has 1 saturated carbocycles. The van der Waals surface area contributed by atoms with Crippen molar-refractivity contribution in [3.63, 3.8) is 0 Å². The van der Waals surface area contributed by atoms with E-state index in [4.69, 9.17) is 10.5 Å². The maximum absolute atomic E-state index is 12.5. The van der Waals surface area contributed by atoms with Crippen molar-refractivity contribution < 1.29 is 9.59 Å². The number of carbonyl (C=O) groups is 2. The summed E-state index contributed by atoms with van der Waals surface area (Å²) in [6, 6.07) is 16.9. The van der Waals surface area contributed by atoms with Gasteiger partial charge in [0.15, 0.2) is 0 Å². The summed E-state index contributed by atoms with van der Waals surface area (Å²) < 4.78 is 0. The van der Waals surface area contributed by atoms with Crippen LogP contribution in [0.5, 0.6) is 0 Å². The largest absolute Gasteiger partial charge is 0.325 e. The van der Waals surface area contributed by atoms with Gasteiger partial charge in [-0.1, -0.05) is 0 Å². The highest BCUT2D eigenvalue weighted by Crippen LogP contribution is 2.47. The topological polar surface area (TPSA) is 106 Å². The van der Waals surface area contributed by atoms with Crippen LogP contribution in [0.1, 0.15) is 24.0 Å². The van der Waals surface area contributed by atoms with Gasteiger partial charge in [0.05, 0.1) is 23.3 Å². The second-order valence-electron chi connectivity index (χ2n) is 5.87. The Bertz CT molecular complexity index is 825.